The van der Waals surface area contributed by atoms with E-state index in [1.54, 1.807) is 30.8 Å². The molecule has 0 atom stereocenters. The van der Waals surface area contributed by atoms with Crippen LogP contribution in [0.5, 0.6) is 5.75 Å². The predicted molar refractivity (Wildman–Crippen MR) is 126 cm³/mol. The number of nitrogens with one attached hydrogen (secondary N) is 1. The lowest BCUT2D eigenvalue weighted by atomic mass is 10.2. The highest BCUT2D eigenvalue weighted by atomic mass is 32.1. The molecule has 0 radical (unpaired) electrons. The van der Waals surface area contributed by atoms with E-state index >= 15 is 0 Å². The van der Waals surface area contributed by atoms with Crippen molar-refractivity contribution in [1.82, 2.24) is 19.9 Å². The van der Waals surface area contributed by atoms with Gasteiger partial charge >= 0.3 is 0 Å². The number of fused-ring (bicyclic) bond motifs is 2. The van der Waals surface area contributed by atoms with Gasteiger partial charge < -0.3 is 10.1 Å². The van der Waals surface area contributed by atoms with E-state index in [1.807, 2.05) is 42.5 Å². The molecule has 5 rings (SSSR count). The molecule has 0 saturated carbocycles. The summed E-state index contributed by atoms with van der Waals surface area (Å²) in [5, 5.41) is 5.53. The first-order valence-corrected chi connectivity index (χ1v) is 10.9. The van der Waals surface area contributed by atoms with Gasteiger partial charge in [-0.15, -0.1) is 11.3 Å². The molecule has 7 heteroatoms. The third-order valence-electron chi connectivity index (χ3n) is 5.00. The summed E-state index contributed by atoms with van der Waals surface area (Å²) >= 11 is 1.73. The molecule has 31 heavy (non-hydrogen) atoms. The number of anilines is 2. The Bertz CT molecular complexity index is 1380. The van der Waals surface area contributed by atoms with Crippen molar-refractivity contribution in [1.29, 1.82) is 0 Å². The number of rotatable bonds is 5. The Hall–Kier alpha value is -3.58. The Kier molecular flexibility index (Phi) is 4.95. The maximum atomic E-state index is 5.43. The summed E-state index contributed by atoms with van der Waals surface area (Å²) < 4.78 is 6.58. The highest BCUT2D eigenvalue weighted by Crippen LogP contribution is 2.33. The monoisotopic (exact) mass is 427 g/mol. The topological polar surface area (TPSA) is 72.8 Å². The minimum atomic E-state index is 0.412. The Balaban J connectivity index is 1.62. The lowest BCUT2D eigenvalue weighted by Crippen LogP contribution is -2.00. The lowest BCUT2D eigenvalue weighted by Gasteiger charge is -2.12. The zero-order valence-corrected chi connectivity index (χ0v) is 18.3. The van der Waals surface area contributed by atoms with Crippen molar-refractivity contribution in [2.24, 2.45) is 0 Å². The summed E-state index contributed by atoms with van der Waals surface area (Å²) in [6.45, 7) is 4.33. The molecule has 6 nitrogen and oxygen atoms in total. The fraction of sp³-hybridized carbons (Fsp3) is 0.167. The average molecular weight is 428 g/mol. The molecule has 3 aromatic heterocycles. The van der Waals surface area contributed by atoms with Gasteiger partial charge in [-0.05, 0) is 48.5 Å². The van der Waals surface area contributed by atoms with Crippen molar-refractivity contribution in [2.45, 2.75) is 19.8 Å². The number of hydrogen-bond donors (Lipinski definition) is 1. The second kappa shape index (κ2) is 7.92. The summed E-state index contributed by atoms with van der Waals surface area (Å²) in [4.78, 5) is 18.4. The largest absolute Gasteiger partial charge is 0.497 e. The van der Waals surface area contributed by atoms with Crippen LogP contribution in [0.15, 0.2) is 60.9 Å². The number of thiazole rings is 1. The Morgan fingerprint density at radius 1 is 0.903 bits per heavy atom. The van der Waals surface area contributed by atoms with Gasteiger partial charge in [0, 0.05) is 34.9 Å². The van der Waals surface area contributed by atoms with Crippen LogP contribution in [0.1, 0.15) is 24.8 Å². The number of hydrogen-bond acceptors (Lipinski definition) is 7. The van der Waals surface area contributed by atoms with Gasteiger partial charge in [0.2, 0.25) is 0 Å². The third kappa shape index (κ3) is 3.80. The second-order valence-corrected chi connectivity index (χ2v) is 8.59. The minimum Gasteiger partial charge on any atom is -0.497 e. The smallest absolute Gasteiger partial charge is 0.162 e. The first-order chi connectivity index (χ1) is 15.1. The molecule has 0 fully saturated rings. The molecule has 0 unspecified atom stereocenters. The van der Waals surface area contributed by atoms with Crippen LogP contribution in [0.25, 0.3) is 32.5 Å². The lowest BCUT2D eigenvalue weighted by molar-refractivity contribution is 0.415. The van der Waals surface area contributed by atoms with Crippen molar-refractivity contribution in [2.75, 3.05) is 12.4 Å². The molecule has 154 valence electrons. The second-order valence-electron chi connectivity index (χ2n) is 7.53. The van der Waals surface area contributed by atoms with E-state index < -0.39 is 0 Å². The van der Waals surface area contributed by atoms with E-state index in [0.29, 0.717) is 11.7 Å². The van der Waals surface area contributed by atoms with Crippen molar-refractivity contribution < 1.29 is 4.74 Å². The summed E-state index contributed by atoms with van der Waals surface area (Å²) in [6, 6.07) is 15.8. The van der Waals surface area contributed by atoms with Crippen LogP contribution in [-0.4, -0.2) is 27.0 Å². The SMILES string of the molecule is COc1ccc2nc(-c3ccncc3)nc(Nc3ccc4nc(C(C)C)sc4c3)c2c1. The highest BCUT2D eigenvalue weighted by molar-refractivity contribution is 7.18. The van der Waals surface area contributed by atoms with Crippen LogP contribution in [0.3, 0.4) is 0 Å². The number of aromatic nitrogens is 4. The average Bonchev–Trinajstić information content (AvgIpc) is 3.23. The van der Waals surface area contributed by atoms with Gasteiger partial charge in [-0.1, -0.05) is 13.8 Å². The molecule has 0 aliphatic heterocycles. The summed E-state index contributed by atoms with van der Waals surface area (Å²) in [7, 11) is 1.66. The molecular formula is C24H21N5OS. The fourth-order valence-electron chi connectivity index (χ4n) is 3.36. The molecule has 0 saturated heterocycles. The van der Waals surface area contributed by atoms with E-state index in [9.17, 15) is 0 Å². The van der Waals surface area contributed by atoms with Gasteiger partial charge in [-0.3, -0.25) is 4.98 Å². The number of nitrogens with zero attached hydrogens (tertiary/aromatic N) is 4. The maximum absolute atomic E-state index is 5.43. The van der Waals surface area contributed by atoms with Crippen LogP contribution in [0.4, 0.5) is 11.5 Å². The predicted octanol–water partition coefficient (Wildman–Crippen LogP) is 6.18. The molecule has 1 N–H and O–H groups in total. The number of ether oxygens (including phenoxy) is 1. The maximum Gasteiger partial charge on any atom is 0.162 e. The number of benzene rings is 2. The molecule has 5 aromatic rings. The molecule has 0 aliphatic carbocycles. The van der Waals surface area contributed by atoms with E-state index in [1.165, 1.54) is 0 Å². The standard InChI is InChI=1S/C24H21N5OS/c1-14(2)24-28-20-6-4-16(12-21(20)31-24)26-23-18-13-17(30-3)5-7-19(18)27-22(29-23)15-8-10-25-11-9-15/h4-14H,1-3H3,(H,26,27,29). The molecule has 0 bridgehead atoms. The fourth-order valence-corrected chi connectivity index (χ4v) is 4.37. The summed E-state index contributed by atoms with van der Waals surface area (Å²) in [6.07, 6.45) is 3.49. The minimum absolute atomic E-state index is 0.412. The Morgan fingerprint density at radius 2 is 1.71 bits per heavy atom. The quantitative estimate of drug-likeness (QED) is 0.361. The van der Waals surface area contributed by atoms with E-state index in [0.717, 1.165) is 48.9 Å². The van der Waals surface area contributed by atoms with Crippen LogP contribution in [0, 0.1) is 0 Å². The highest BCUT2D eigenvalue weighted by Gasteiger charge is 2.13. The zero-order valence-electron chi connectivity index (χ0n) is 17.5. The van der Waals surface area contributed by atoms with Gasteiger partial charge in [0.15, 0.2) is 5.82 Å². The van der Waals surface area contributed by atoms with Crippen LogP contribution in [0.2, 0.25) is 0 Å². The molecular weight excluding hydrogens is 406 g/mol. The molecule has 0 spiro atoms. The molecule has 0 aliphatic rings. The Labute approximate surface area is 184 Å². The van der Waals surface area contributed by atoms with Crippen molar-refractivity contribution in [3.8, 4) is 17.1 Å². The van der Waals surface area contributed by atoms with Crippen LogP contribution >= 0.6 is 11.3 Å². The van der Waals surface area contributed by atoms with E-state index in [2.05, 4.69) is 30.2 Å². The number of pyridine rings is 1. The first kappa shape index (κ1) is 19.4. The van der Waals surface area contributed by atoms with Gasteiger partial charge in [0.05, 0.1) is 27.9 Å². The molecule has 0 amide bonds. The summed E-state index contributed by atoms with van der Waals surface area (Å²) in [5.41, 5.74) is 3.72. The molecule has 3 heterocycles. The van der Waals surface area contributed by atoms with E-state index in [-0.39, 0.29) is 0 Å². The van der Waals surface area contributed by atoms with Crippen LogP contribution < -0.4 is 10.1 Å². The number of methoxy groups -OCH3 is 1. The van der Waals surface area contributed by atoms with Crippen LogP contribution in [-0.2, 0) is 0 Å². The summed E-state index contributed by atoms with van der Waals surface area (Å²) in [5.74, 6) is 2.54. The zero-order chi connectivity index (χ0) is 21.4. The molecule has 2 aromatic carbocycles. The van der Waals surface area contributed by atoms with E-state index in [4.69, 9.17) is 19.7 Å². The first-order valence-electron chi connectivity index (χ1n) is 10.0. The van der Waals surface area contributed by atoms with Gasteiger partial charge in [0.25, 0.3) is 0 Å². The van der Waals surface area contributed by atoms with Crippen molar-refractivity contribution in [3.63, 3.8) is 0 Å². The van der Waals surface area contributed by atoms with Gasteiger partial charge in [-0.2, -0.15) is 0 Å². The van der Waals surface area contributed by atoms with Crippen molar-refractivity contribution in [3.05, 3.63) is 65.9 Å². The normalized spacial score (nSPS) is 11.4. The van der Waals surface area contributed by atoms with Crippen molar-refractivity contribution >= 4 is 44.0 Å². The third-order valence-corrected chi connectivity index (χ3v) is 6.32. The Morgan fingerprint density at radius 3 is 2.48 bits per heavy atom. The van der Waals surface area contributed by atoms with Gasteiger partial charge in [0.1, 0.15) is 11.6 Å². The van der Waals surface area contributed by atoms with Gasteiger partial charge in [-0.25, -0.2) is 15.0 Å².